The third-order valence-electron chi connectivity index (χ3n) is 2.89. The second-order valence-electron chi connectivity index (χ2n) is 4.36. The summed E-state index contributed by atoms with van der Waals surface area (Å²) in [6.45, 7) is 5.09. The Morgan fingerprint density at radius 1 is 1.35 bits per heavy atom. The fourth-order valence-electron chi connectivity index (χ4n) is 1.87. The number of halogens is 2. The van der Waals surface area contributed by atoms with E-state index < -0.39 is 0 Å². The van der Waals surface area contributed by atoms with Crippen LogP contribution in [0.5, 0.6) is 0 Å². The number of nitrogens with zero attached hydrogens (tertiary/aromatic N) is 3. The van der Waals surface area contributed by atoms with E-state index >= 15 is 0 Å². The molecule has 1 unspecified atom stereocenters. The number of aromatic nitrogens is 3. The van der Waals surface area contributed by atoms with E-state index in [1.807, 2.05) is 0 Å². The zero-order chi connectivity index (χ0) is 14.5. The Hall–Kier alpha value is -1.17. The number of hydrogen-bond acceptors (Lipinski definition) is 5. The second-order valence-corrected chi connectivity index (χ2v) is 5.21. The number of likely N-dealkylation sites (N-methyl/N-ethyl adjacent to an activating group) is 1. The van der Waals surface area contributed by atoms with E-state index in [9.17, 15) is 0 Å². The van der Waals surface area contributed by atoms with Gasteiger partial charge in [0.15, 0.2) is 0 Å². The summed E-state index contributed by atoms with van der Waals surface area (Å²) in [5.41, 5.74) is 0.475. The molecule has 108 valence electrons. The zero-order valence-corrected chi connectivity index (χ0v) is 12.9. The first-order valence-electron chi connectivity index (χ1n) is 6.51. The van der Waals surface area contributed by atoms with Crippen LogP contribution in [-0.2, 0) is 6.42 Å². The SMILES string of the molecule is CCNC(CC)Cc1nc(-c2ncc(Cl)cc2Cl)no1. The van der Waals surface area contributed by atoms with Crippen LogP contribution in [-0.4, -0.2) is 27.7 Å². The molecular formula is C13H16Cl2N4O. The van der Waals surface area contributed by atoms with Gasteiger partial charge in [-0.3, -0.25) is 0 Å². The Balaban J connectivity index is 2.16. The number of hydrogen-bond donors (Lipinski definition) is 1. The average molecular weight is 315 g/mol. The first-order chi connectivity index (χ1) is 9.63. The first-order valence-corrected chi connectivity index (χ1v) is 7.27. The van der Waals surface area contributed by atoms with E-state index in [1.54, 1.807) is 6.07 Å². The Morgan fingerprint density at radius 3 is 2.80 bits per heavy atom. The van der Waals surface area contributed by atoms with Gasteiger partial charge >= 0.3 is 0 Å². The molecular weight excluding hydrogens is 299 g/mol. The standard InChI is InChI=1S/C13H16Cl2N4O/c1-3-9(16-4-2)6-11-18-13(19-20-11)12-10(15)5-8(14)7-17-12/h5,7,9,16H,3-4,6H2,1-2H3. The fourth-order valence-corrected chi connectivity index (χ4v) is 2.34. The highest BCUT2D eigenvalue weighted by Crippen LogP contribution is 2.25. The maximum absolute atomic E-state index is 6.08. The summed E-state index contributed by atoms with van der Waals surface area (Å²) < 4.78 is 5.25. The van der Waals surface area contributed by atoms with Crippen molar-refractivity contribution in [3.63, 3.8) is 0 Å². The molecule has 2 rings (SSSR count). The molecule has 20 heavy (non-hydrogen) atoms. The van der Waals surface area contributed by atoms with Crippen LogP contribution in [0.3, 0.4) is 0 Å². The molecule has 0 aromatic carbocycles. The molecule has 0 amide bonds. The fraction of sp³-hybridized carbons (Fsp3) is 0.462. The molecule has 0 saturated carbocycles. The van der Waals surface area contributed by atoms with Gasteiger partial charge in [0.25, 0.3) is 0 Å². The first kappa shape index (κ1) is 15.2. The van der Waals surface area contributed by atoms with Crippen molar-refractivity contribution in [1.82, 2.24) is 20.4 Å². The van der Waals surface area contributed by atoms with Gasteiger partial charge in [0.1, 0.15) is 5.69 Å². The van der Waals surface area contributed by atoms with Crippen LogP contribution < -0.4 is 5.32 Å². The van der Waals surface area contributed by atoms with Crippen molar-refractivity contribution in [2.75, 3.05) is 6.54 Å². The summed E-state index contributed by atoms with van der Waals surface area (Å²) >= 11 is 11.9. The van der Waals surface area contributed by atoms with Gasteiger partial charge in [0.05, 0.1) is 10.0 Å². The van der Waals surface area contributed by atoms with Gasteiger partial charge in [-0.2, -0.15) is 4.98 Å². The monoisotopic (exact) mass is 314 g/mol. The minimum atomic E-state index is 0.321. The second kappa shape index (κ2) is 7.02. The molecule has 0 aliphatic carbocycles. The smallest absolute Gasteiger partial charge is 0.228 e. The van der Waals surface area contributed by atoms with Crippen LogP contribution in [0.1, 0.15) is 26.2 Å². The lowest BCUT2D eigenvalue weighted by Gasteiger charge is -2.12. The number of rotatable bonds is 6. The zero-order valence-electron chi connectivity index (χ0n) is 11.4. The van der Waals surface area contributed by atoms with Crippen molar-refractivity contribution in [1.29, 1.82) is 0 Å². The summed E-state index contributed by atoms with van der Waals surface area (Å²) in [5.74, 6) is 0.952. The van der Waals surface area contributed by atoms with Crippen LogP contribution in [0.15, 0.2) is 16.8 Å². The summed E-state index contributed by atoms with van der Waals surface area (Å²) in [4.78, 5) is 8.47. The maximum atomic E-state index is 6.08. The van der Waals surface area contributed by atoms with Crippen LogP contribution in [0, 0.1) is 0 Å². The highest BCUT2D eigenvalue weighted by molar-refractivity contribution is 6.35. The van der Waals surface area contributed by atoms with Crippen molar-refractivity contribution in [2.24, 2.45) is 0 Å². The molecule has 1 atom stereocenters. The minimum Gasteiger partial charge on any atom is -0.339 e. The van der Waals surface area contributed by atoms with E-state index in [0.717, 1.165) is 13.0 Å². The molecule has 1 N–H and O–H groups in total. The summed E-state index contributed by atoms with van der Waals surface area (Å²) in [6.07, 6.45) is 3.18. The lowest BCUT2D eigenvalue weighted by Crippen LogP contribution is -2.30. The van der Waals surface area contributed by atoms with Crippen LogP contribution in [0.4, 0.5) is 0 Å². The minimum absolute atomic E-state index is 0.321. The largest absolute Gasteiger partial charge is 0.339 e. The Morgan fingerprint density at radius 2 is 2.15 bits per heavy atom. The molecule has 0 spiro atoms. The molecule has 0 fully saturated rings. The summed E-state index contributed by atoms with van der Waals surface area (Å²) in [7, 11) is 0. The number of nitrogens with one attached hydrogen (secondary N) is 1. The highest BCUT2D eigenvalue weighted by atomic mass is 35.5. The van der Waals surface area contributed by atoms with E-state index in [-0.39, 0.29) is 0 Å². The molecule has 2 aromatic rings. The van der Waals surface area contributed by atoms with E-state index in [2.05, 4.69) is 34.3 Å². The van der Waals surface area contributed by atoms with Gasteiger partial charge in [-0.05, 0) is 19.0 Å². The van der Waals surface area contributed by atoms with Gasteiger partial charge in [0.2, 0.25) is 11.7 Å². The van der Waals surface area contributed by atoms with Crippen molar-refractivity contribution in [3.05, 3.63) is 28.2 Å². The van der Waals surface area contributed by atoms with Crippen LogP contribution in [0.25, 0.3) is 11.5 Å². The molecule has 0 bridgehead atoms. The Kier molecular flexibility index (Phi) is 5.34. The molecule has 7 heteroatoms. The van der Waals surface area contributed by atoms with Gasteiger partial charge in [-0.15, -0.1) is 0 Å². The summed E-state index contributed by atoms with van der Waals surface area (Å²) in [5, 5.41) is 8.16. The quantitative estimate of drug-likeness (QED) is 0.885. The molecule has 0 saturated heterocycles. The topological polar surface area (TPSA) is 63.8 Å². The molecule has 5 nitrogen and oxygen atoms in total. The summed E-state index contributed by atoms with van der Waals surface area (Å²) in [6, 6.07) is 1.93. The molecule has 0 aliphatic rings. The van der Waals surface area contributed by atoms with Gasteiger partial charge in [0, 0.05) is 18.7 Å². The predicted octanol–water partition coefficient (Wildman–Crippen LogP) is 3.37. The van der Waals surface area contributed by atoms with Crippen molar-refractivity contribution in [2.45, 2.75) is 32.7 Å². The van der Waals surface area contributed by atoms with Crippen LogP contribution in [0.2, 0.25) is 10.0 Å². The average Bonchev–Trinajstić information content (AvgIpc) is 2.86. The van der Waals surface area contributed by atoms with Crippen LogP contribution >= 0.6 is 23.2 Å². The third kappa shape index (κ3) is 3.69. The Labute approximate surface area is 127 Å². The molecule has 2 heterocycles. The predicted molar refractivity (Wildman–Crippen MR) is 79.0 cm³/mol. The lowest BCUT2D eigenvalue weighted by atomic mass is 10.1. The van der Waals surface area contributed by atoms with Gasteiger partial charge < -0.3 is 9.84 Å². The van der Waals surface area contributed by atoms with Crippen molar-refractivity contribution < 1.29 is 4.52 Å². The van der Waals surface area contributed by atoms with E-state index in [0.29, 0.717) is 39.9 Å². The maximum Gasteiger partial charge on any atom is 0.228 e. The van der Waals surface area contributed by atoms with E-state index in [4.69, 9.17) is 27.7 Å². The van der Waals surface area contributed by atoms with Gasteiger partial charge in [-0.25, -0.2) is 4.98 Å². The van der Waals surface area contributed by atoms with Crippen molar-refractivity contribution >= 4 is 23.2 Å². The molecule has 2 aromatic heterocycles. The normalized spacial score (nSPS) is 12.6. The lowest BCUT2D eigenvalue weighted by molar-refractivity contribution is 0.355. The number of pyridine rings is 1. The molecule has 0 radical (unpaired) electrons. The Bertz CT molecular complexity index is 573. The highest BCUT2D eigenvalue weighted by Gasteiger charge is 2.16. The van der Waals surface area contributed by atoms with Crippen molar-refractivity contribution in [3.8, 4) is 11.5 Å². The van der Waals surface area contributed by atoms with Gasteiger partial charge in [-0.1, -0.05) is 42.2 Å². The third-order valence-corrected chi connectivity index (χ3v) is 3.39. The molecule has 0 aliphatic heterocycles. The van der Waals surface area contributed by atoms with E-state index in [1.165, 1.54) is 6.20 Å².